The second-order valence-electron chi connectivity index (χ2n) is 7.13. The van der Waals surface area contributed by atoms with Gasteiger partial charge in [0.15, 0.2) is 0 Å². The molecule has 0 fully saturated rings. The van der Waals surface area contributed by atoms with E-state index >= 15 is 0 Å². The van der Waals surface area contributed by atoms with E-state index in [1.165, 1.54) is 6.92 Å². The van der Waals surface area contributed by atoms with Crippen LogP contribution in [-0.4, -0.2) is 39.8 Å². The van der Waals surface area contributed by atoms with Gasteiger partial charge in [0.25, 0.3) is 0 Å². The van der Waals surface area contributed by atoms with Gasteiger partial charge in [-0.05, 0) is 68.7 Å². The predicted octanol–water partition coefficient (Wildman–Crippen LogP) is 3.61. The molecule has 2 aromatic rings. The first-order valence-corrected chi connectivity index (χ1v) is 11.5. The lowest BCUT2D eigenvalue weighted by atomic mass is 10.1. The van der Waals surface area contributed by atoms with Gasteiger partial charge >= 0.3 is 0 Å². The average molecular weight is 439 g/mol. The Morgan fingerprint density at radius 2 is 1.76 bits per heavy atom. The fourth-order valence-corrected chi connectivity index (χ4v) is 4.38. The van der Waals surface area contributed by atoms with Gasteiger partial charge < -0.3 is 10.1 Å². The molecule has 8 heteroatoms. The minimum atomic E-state index is -3.69. The van der Waals surface area contributed by atoms with Crippen molar-refractivity contribution in [2.75, 3.05) is 23.7 Å². The van der Waals surface area contributed by atoms with Crippen LogP contribution < -0.4 is 14.4 Å². The van der Waals surface area contributed by atoms with Crippen molar-refractivity contribution in [3.05, 3.63) is 58.1 Å². The molecule has 0 heterocycles. The molecule has 2 aromatic carbocycles. The summed E-state index contributed by atoms with van der Waals surface area (Å²) in [6.07, 6.45) is 1.06. The normalized spacial score (nSPS) is 12.3. The van der Waals surface area contributed by atoms with Crippen molar-refractivity contribution in [2.45, 2.75) is 33.7 Å². The monoisotopic (exact) mass is 438 g/mol. The van der Waals surface area contributed by atoms with Crippen molar-refractivity contribution in [3.8, 4) is 5.75 Å². The maximum atomic E-state index is 12.6. The zero-order valence-corrected chi connectivity index (χ0v) is 18.9. The molecular weight excluding hydrogens is 412 g/mol. The first kappa shape index (κ1) is 23.0. The molecule has 0 aliphatic heterocycles. The summed E-state index contributed by atoms with van der Waals surface area (Å²) in [5, 5.41) is 3.16. The molecule has 6 nitrogen and oxygen atoms in total. The Morgan fingerprint density at radius 3 is 2.31 bits per heavy atom. The molecule has 0 spiro atoms. The number of halogens is 1. The van der Waals surface area contributed by atoms with Crippen LogP contribution >= 0.6 is 11.6 Å². The molecule has 0 aliphatic rings. The molecule has 0 radical (unpaired) electrons. The summed E-state index contributed by atoms with van der Waals surface area (Å²) >= 11 is 6.14. The Kier molecular flexibility index (Phi) is 7.54. The van der Waals surface area contributed by atoms with Crippen LogP contribution in [0.1, 0.15) is 23.6 Å². The van der Waals surface area contributed by atoms with E-state index in [9.17, 15) is 13.2 Å². The largest absolute Gasteiger partial charge is 0.492 e. The Hall–Kier alpha value is -2.25. The number of nitrogens with zero attached hydrogens (tertiary/aromatic N) is 1. The standard InChI is InChI=1S/C21H27ClN2O4S/c1-14-10-15(2)12-19(11-14)28-9-8-23-21(25)17(4)24(29(5,26)27)18-7-6-16(3)20(22)13-18/h6-7,10-13,17H,8-9H2,1-5H3,(H,23,25). The smallest absolute Gasteiger partial charge is 0.243 e. The molecule has 1 unspecified atom stereocenters. The molecule has 29 heavy (non-hydrogen) atoms. The minimum absolute atomic E-state index is 0.252. The molecule has 1 atom stereocenters. The van der Waals surface area contributed by atoms with Gasteiger partial charge in [0.1, 0.15) is 18.4 Å². The molecule has 1 N–H and O–H groups in total. The highest BCUT2D eigenvalue weighted by Gasteiger charge is 2.29. The second kappa shape index (κ2) is 9.50. The lowest BCUT2D eigenvalue weighted by Crippen LogP contribution is -2.48. The van der Waals surface area contributed by atoms with Crippen molar-refractivity contribution in [3.63, 3.8) is 0 Å². The maximum Gasteiger partial charge on any atom is 0.243 e. The molecule has 0 saturated heterocycles. The van der Waals surface area contributed by atoms with Gasteiger partial charge in [0.2, 0.25) is 15.9 Å². The van der Waals surface area contributed by atoms with Crippen LogP contribution in [0.15, 0.2) is 36.4 Å². The summed E-state index contributed by atoms with van der Waals surface area (Å²) in [6.45, 7) is 7.86. The Morgan fingerprint density at radius 1 is 1.14 bits per heavy atom. The van der Waals surface area contributed by atoms with E-state index in [0.29, 0.717) is 10.7 Å². The van der Waals surface area contributed by atoms with E-state index in [2.05, 4.69) is 5.32 Å². The molecule has 0 bridgehead atoms. The van der Waals surface area contributed by atoms with Crippen molar-refractivity contribution in [2.24, 2.45) is 0 Å². The molecule has 0 aliphatic carbocycles. The van der Waals surface area contributed by atoms with Crippen molar-refractivity contribution < 1.29 is 17.9 Å². The highest BCUT2D eigenvalue weighted by Crippen LogP contribution is 2.26. The quantitative estimate of drug-likeness (QED) is 0.639. The van der Waals surface area contributed by atoms with Crippen LogP contribution in [0.25, 0.3) is 0 Å². The summed E-state index contributed by atoms with van der Waals surface area (Å²) in [7, 11) is -3.69. The van der Waals surface area contributed by atoms with Gasteiger partial charge in [-0.1, -0.05) is 23.7 Å². The van der Waals surface area contributed by atoms with Crippen LogP contribution in [-0.2, 0) is 14.8 Å². The first-order valence-electron chi connectivity index (χ1n) is 9.23. The molecule has 1 amide bonds. The van der Waals surface area contributed by atoms with Gasteiger partial charge in [-0.15, -0.1) is 0 Å². The van der Waals surface area contributed by atoms with Gasteiger partial charge in [-0.25, -0.2) is 8.42 Å². The van der Waals surface area contributed by atoms with Crippen LogP contribution in [0.2, 0.25) is 5.02 Å². The van der Waals surface area contributed by atoms with Crippen LogP contribution in [0.3, 0.4) is 0 Å². The highest BCUT2D eigenvalue weighted by molar-refractivity contribution is 7.92. The summed E-state index contributed by atoms with van der Waals surface area (Å²) in [4.78, 5) is 12.6. The molecule has 0 aromatic heterocycles. The number of carbonyl (C=O) groups is 1. The Bertz CT molecular complexity index is 972. The molecular formula is C21H27ClN2O4S. The van der Waals surface area contributed by atoms with Gasteiger partial charge in [0.05, 0.1) is 18.5 Å². The van der Waals surface area contributed by atoms with Gasteiger partial charge in [0, 0.05) is 5.02 Å². The minimum Gasteiger partial charge on any atom is -0.492 e. The number of rotatable bonds is 8. The number of hydrogen-bond acceptors (Lipinski definition) is 4. The van der Waals surface area contributed by atoms with Gasteiger partial charge in [-0.3, -0.25) is 9.10 Å². The highest BCUT2D eigenvalue weighted by atomic mass is 35.5. The zero-order valence-electron chi connectivity index (χ0n) is 17.3. The van der Waals surface area contributed by atoms with E-state index in [1.54, 1.807) is 18.2 Å². The van der Waals surface area contributed by atoms with E-state index in [-0.39, 0.29) is 13.2 Å². The van der Waals surface area contributed by atoms with Crippen LogP contribution in [0, 0.1) is 20.8 Å². The Labute approximate surface area is 177 Å². The van der Waals surface area contributed by atoms with Crippen LogP contribution in [0.4, 0.5) is 5.69 Å². The van der Waals surface area contributed by atoms with Crippen molar-refractivity contribution in [1.82, 2.24) is 5.32 Å². The number of amides is 1. The number of sulfonamides is 1. The lowest BCUT2D eigenvalue weighted by Gasteiger charge is -2.28. The third kappa shape index (κ3) is 6.37. The molecule has 2 rings (SSSR count). The summed E-state index contributed by atoms with van der Waals surface area (Å²) in [5.74, 6) is 0.313. The molecule has 158 valence electrons. The van der Waals surface area contributed by atoms with Gasteiger partial charge in [-0.2, -0.15) is 0 Å². The SMILES string of the molecule is Cc1cc(C)cc(OCCNC(=O)C(C)N(c2ccc(C)c(Cl)c2)S(C)(=O)=O)c1. The molecule has 0 saturated carbocycles. The number of carbonyl (C=O) groups excluding carboxylic acids is 1. The summed E-state index contributed by atoms with van der Waals surface area (Å²) in [5.41, 5.74) is 3.36. The zero-order chi connectivity index (χ0) is 21.8. The topological polar surface area (TPSA) is 75.7 Å². The summed E-state index contributed by atoms with van der Waals surface area (Å²) < 4.78 is 31.4. The first-order chi connectivity index (χ1) is 13.5. The number of nitrogens with one attached hydrogen (secondary N) is 1. The van der Waals surface area contributed by atoms with E-state index in [0.717, 1.165) is 33.0 Å². The fourth-order valence-electron chi connectivity index (χ4n) is 3.03. The second-order valence-corrected chi connectivity index (χ2v) is 9.40. The maximum absolute atomic E-state index is 12.6. The number of ether oxygens (including phenoxy) is 1. The van der Waals surface area contributed by atoms with Crippen molar-refractivity contribution in [1.29, 1.82) is 0 Å². The van der Waals surface area contributed by atoms with Crippen molar-refractivity contribution >= 4 is 33.2 Å². The third-order valence-electron chi connectivity index (χ3n) is 4.36. The number of aryl methyl sites for hydroxylation is 3. The third-order valence-corrected chi connectivity index (χ3v) is 6.01. The fraction of sp³-hybridized carbons (Fsp3) is 0.381. The predicted molar refractivity (Wildman–Crippen MR) is 117 cm³/mol. The number of anilines is 1. The number of benzene rings is 2. The Balaban J connectivity index is 2.02. The number of hydrogen-bond donors (Lipinski definition) is 1. The lowest BCUT2D eigenvalue weighted by molar-refractivity contribution is -0.121. The average Bonchev–Trinajstić information content (AvgIpc) is 2.59. The summed E-state index contributed by atoms with van der Waals surface area (Å²) in [6, 6.07) is 9.85. The van der Waals surface area contributed by atoms with E-state index in [4.69, 9.17) is 16.3 Å². The van der Waals surface area contributed by atoms with Crippen LogP contribution in [0.5, 0.6) is 5.75 Å². The van der Waals surface area contributed by atoms with E-state index in [1.807, 2.05) is 39.0 Å². The van der Waals surface area contributed by atoms with E-state index < -0.39 is 22.0 Å².